The zero-order chi connectivity index (χ0) is 20.6. The minimum absolute atomic E-state index is 0.0175. The highest BCUT2D eigenvalue weighted by molar-refractivity contribution is 7.16. The Labute approximate surface area is 165 Å². The van der Waals surface area contributed by atoms with E-state index >= 15 is 0 Å². The fourth-order valence-corrected chi connectivity index (χ4v) is 3.92. The van der Waals surface area contributed by atoms with Gasteiger partial charge in [-0.15, -0.1) is 0 Å². The largest absolute Gasteiger partial charge is 0.480 e. The van der Waals surface area contributed by atoms with E-state index in [4.69, 9.17) is 11.6 Å². The van der Waals surface area contributed by atoms with Gasteiger partial charge in [-0.25, -0.2) is 18.0 Å². The molecule has 3 aromatic rings. The summed E-state index contributed by atoms with van der Waals surface area (Å²) in [5.41, 5.74) is 0.0815. The highest BCUT2D eigenvalue weighted by Gasteiger charge is 2.23. The van der Waals surface area contributed by atoms with E-state index in [2.05, 4.69) is 4.99 Å². The van der Waals surface area contributed by atoms with E-state index < -0.39 is 35.4 Å². The summed E-state index contributed by atoms with van der Waals surface area (Å²) in [6.45, 7) is 1.60. The number of carbonyl (C=O) groups is 2. The Hall–Kier alpha value is -2.65. The Morgan fingerprint density at radius 3 is 2.46 bits per heavy atom. The molecule has 0 bridgehead atoms. The number of rotatable bonds is 4. The number of aromatic nitrogens is 1. The first-order valence-corrected chi connectivity index (χ1v) is 9.19. The lowest BCUT2D eigenvalue weighted by Crippen LogP contribution is -2.27. The molecular weight excluding hydrogens is 417 g/mol. The van der Waals surface area contributed by atoms with Gasteiger partial charge in [0.25, 0.3) is 5.91 Å². The van der Waals surface area contributed by atoms with E-state index in [-0.39, 0.29) is 32.0 Å². The monoisotopic (exact) mass is 428 g/mol. The number of carboxylic acid groups (broad SMARTS) is 1. The fraction of sp³-hybridized carbons (Fsp3) is 0.167. The van der Waals surface area contributed by atoms with Gasteiger partial charge in [0.1, 0.15) is 11.9 Å². The standard InChI is InChI=1S/C18H12ClF3N2O3S/c1-2-13(17(26)27)24-14-6-11(21)12(22)7-15(14)28-18(24)23-16(25)8-3-4-10(20)9(19)5-8/h3-7,13H,2H2,1H3,(H,26,27)/b23-18-. The van der Waals surface area contributed by atoms with Crippen molar-refractivity contribution in [1.82, 2.24) is 4.57 Å². The summed E-state index contributed by atoms with van der Waals surface area (Å²) < 4.78 is 42.0. The van der Waals surface area contributed by atoms with Crippen LogP contribution in [0.15, 0.2) is 35.3 Å². The second-order valence-corrected chi connectivity index (χ2v) is 7.21. The van der Waals surface area contributed by atoms with Gasteiger partial charge in [0.2, 0.25) is 0 Å². The van der Waals surface area contributed by atoms with Crippen LogP contribution in [0.1, 0.15) is 29.7 Å². The predicted octanol–water partition coefficient (Wildman–Crippen LogP) is 4.55. The molecule has 1 amide bonds. The Kier molecular flexibility index (Phi) is 5.57. The van der Waals surface area contributed by atoms with Crippen molar-refractivity contribution in [2.75, 3.05) is 0 Å². The first kappa shape index (κ1) is 20.1. The second kappa shape index (κ2) is 7.76. The van der Waals surface area contributed by atoms with Crippen molar-refractivity contribution in [1.29, 1.82) is 0 Å². The van der Waals surface area contributed by atoms with Crippen molar-refractivity contribution in [2.24, 2.45) is 4.99 Å². The third-order valence-electron chi connectivity index (χ3n) is 4.02. The summed E-state index contributed by atoms with van der Waals surface area (Å²) in [4.78, 5) is 28.0. The first-order valence-electron chi connectivity index (χ1n) is 8.00. The number of carboxylic acids is 1. The third-order valence-corrected chi connectivity index (χ3v) is 5.32. The molecule has 1 unspecified atom stereocenters. The summed E-state index contributed by atoms with van der Waals surface area (Å²) in [5.74, 6) is -4.98. The minimum Gasteiger partial charge on any atom is -0.480 e. The smallest absolute Gasteiger partial charge is 0.326 e. The maximum Gasteiger partial charge on any atom is 0.326 e. The van der Waals surface area contributed by atoms with Crippen LogP contribution in [0.5, 0.6) is 0 Å². The van der Waals surface area contributed by atoms with E-state index in [9.17, 15) is 27.9 Å². The quantitative estimate of drug-likeness (QED) is 0.662. The Balaban J connectivity index is 2.26. The molecule has 0 radical (unpaired) electrons. The number of hydrogen-bond donors (Lipinski definition) is 1. The molecule has 28 heavy (non-hydrogen) atoms. The lowest BCUT2D eigenvalue weighted by Gasteiger charge is -2.13. The van der Waals surface area contributed by atoms with Gasteiger partial charge in [-0.2, -0.15) is 4.99 Å². The summed E-state index contributed by atoms with van der Waals surface area (Å²) in [6.07, 6.45) is 0.115. The molecule has 0 aliphatic carbocycles. The molecule has 146 valence electrons. The van der Waals surface area contributed by atoms with Crippen LogP contribution in [-0.4, -0.2) is 21.6 Å². The number of halogens is 4. The Bertz CT molecular complexity index is 1170. The summed E-state index contributed by atoms with van der Waals surface area (Å²) >= 11 is 6.51. The van der Waals surface area contributed by atoms with Crippen LogP contribution < -0.4 is 4.80 Å². The van der Waals surface area contributed by atoms with Crippen LogP contribution in [0.2, 0.25) is 5.02 Å². The van der Waals surface area contributed by atoms with Gasteiger partial charge in [-0.1, -0.05) is 29.9 Å². The van der Waals surface area contributed by atoms with Crippen molar-refractivity contribution in [3.8, 4) is 0 Å². The van der Waals surface area contributed by atoms with E-state index in [1.54, 1.807) is 6.92 Å². The van der Waals surface area contributed by atoms with Gasteiger partial charge in [0.15, 0.2) is 16.4 Å². The average molecular weight is 429 g/mol. The van der Waals surface area contributed by atoms with Crippen molar-refractivity contribution < 1.29 is 27.9 Å². The SMILES string of the molecule is CCC(C(=O)O)n1/c(=N/C(=O)c2ccc(F)c(Cl)c2)sc2cc(F)c(F)cc21. The number of carbonyl (C=O) groups excluding carboxylic acids is 1. The number of amides is 1. The van der Waals surface area contributed by atoms with E-state index in [1.807, 2.05) is 0 Å². The molecule has 10 heteroatoms. The van der Waals surface area contributed by atoms with Crippen LogP contribution in [0.25, 0.3) is 10.2 Å². The molecule has 0 saturated heterocycles. The number of benzene rings is 2. The van der Waals surface area contributed by atoms with Crippen LogP contribution in [0.3, 0.4) is 0 Å². The normalized spacial score (nSPS) is 13.1. The number of nitrogens with zero attached hydrogens (tertiary/aromatic N) is 2. The number of thiazole rings is 1. The predicted molar refractivity (Wildman–Crippen MR) is 98.0 cm³/mol. The first-order chi connectivity index (χ1) is 13.2. The van der Waals surface area contributed by atoms with E-state index in [1.165, 1.54) is 10.6 Å². The molecule has 0 aliphatic heterocycles. The topological polar surface area (TPSA) is 71.7 Å². The molecule has 0 saturated carbocycles. The molecule has 1 aromatic heterocycles. The maximum absolute atomic E-state index is 13.7. The number of hydrogen-bond acceptors (Lipinski definition) is 3. The number of aliphatic carboxylic acids is 1. The van der Waals surface area contributed by atoms with Gasteiger partial charge < -0.3 is 9.67 Å². The van der Waals surface area contributed by atoms with Gasteiger partial charge in [-0.3, -0.25) is 4.79 Å². The van der Waals surface area contributed by atoms with Gasteiger partial charge in [0.05, 0.1) is 15.2 Å². The molecule has 1 heterocycles. The molecular formula is C18H12ClF3N2O3S. The van der Waals surface area contributed by atoms with E-state index in [0.717, 1.165) is 35.6 Å². The number of fused-ring (bicyclic) bond motifs is 1. The summed E-state index contributed by atoms with van der Waals surface area (Å²) in [6, 6.07) is 3.90. The van der Waals surface area contributed by atoms with Crippen molar-refractivity contribution in [2.45, 2.75) is 19.4 Å². The van der Waals surface area contributed by atoms with Crippen molar-refractivity contribution in [3.63, 3.8) is 0 Å². The molecule has 1 N–H and O–H groups in total. The Morgan fingerprint density at radius 1 is 1.18 bits per heavy atom. The molecule has 5 nitrogen and oxygen atoms in total. The van der Waals surface area contributed by atoms with Crippen LogP contribution in [0.4, 0.5) is 13.2 Å². The van der Waals surface area contributed by atoms with Crippen LogP contribution >= 0.6 is 22.9 Å². The average Bonchev–Trinajstić information content (AvgIpc) is 2.95. The molecule has 2 aromatic carbocycles. The molecule has 0 spiro atoms. The van der Waals surface area contributed by atoms with Crippen LogP contribution in [-0.2, 0) is 4.79 Å². The van der Waals surface area contributed by atoms with Crippen molar-refractivity contribution >= 4 is 45.0 Å². The van der Waals surface area contributed by atoms with Crippen molar-refractivity contribution in [3.05, 3.63) is 63.2 Å². The lowest BCUT2D eigenvalue weighted by atomic mass is 10.2. The third kappa shape index (κ3) is 3.67. The van der Waals surface area contributed by atoms with Gasteiger partial charge >= 0.3 is 5.97 Å². The maximum atomic E-state index is 13.7. The summed E-state index contributed by atoms with van der Waals surface area (Å²) in [7, 11) is 0. The second-order valence-electron chi connectivity index (χ2n) is 5.80. The van der Waals surface area contributed by atoms with E-state index in [0.29, 0.717) is 0 Å². The molecule has 0 aliphatic rings. The molecule has 3 rings (SSSR count). The lowest BCUT2D eigenvalue weighted by molar-refractivity contribution is -0.140. The minimum atomic E-state index is -1.22. The van der Waals surface area contributed by atoms with Gasteiger partial charge in [0, 0.05) is 11.6 Å². The zero-order valence-electron chi connectivity index (χ0n) is 14.2. The fourth-order valence-electron chi connectivity index (χ4n) is 2.66. The highest BCUT2D eigenvalue weighted by atomic mass is 35.5. The molecule has 1 atom stereocenters. The zero-order valence-corrected chi connectivity index (χ0v) is 15.8. The molecule has 0 fully saturated rings. The van der Waals surface area contributed by atoms with Gasteiger partial charge in [-0.05, 0) is 30.7 Å². The van der Waals surface area contributed by atoms with Crippen LogP contribution in [0, 0.1) is 17.5 Å². The highest BCUT2D eigenvalue weighted by Crippen LogP contribution is 2.25. The Morgan fingerprint density at radius 2 is 1.86 bits per heavy atom. The summed E-state index contributed by atoms with van der Waals surface area (Å²) in [5, 5.41) is 9.23.